The summed E-state index contributed by atoms with van der Waals surface area (Å²) in [5.74, 6) is -0.859. The zero-order chi connectivity index (χ0) is 18.8. The number of nitrogens with one attached hydrogen (secondary N) is 1. The van der Waals surface area contributed by atoms with Gasteiger partial charge < -0.3 is 16.8 Å². The van der Waals surface area contributed by atoms with Crippen LogP contribution >= 0.6 is 0 Å². The van der Waals surface area contributed by atoms with Crippen LogP contribution in [0, 0.1) is 0 Å². The summed E-state index contributed by atoms with van der Waals surface area (Å²) in [4.78, 5) is 16.6. The number of amides is 1. The molecule has 5 N–H and O–H groups in total. The Labute approximate surface area is 149 Å². The van der Waals surface area contributed by atoms with E-state index in [1.807, 2.05) is 6.92 Å². The average Bonchev–Trinajstić information content (AvgIpc) is 2.64. The van der Waals surface area contributed by atoms with E-state index >= 15 is 0 Å². The van der Waals surface area contributed by atoms with E-state index in [1.54, 1.807) is 0 Å². The second kappa shape index (κ2) is 10.5. The summed E-state index contributed by atoms with van der Waals surface area (Å²) in [5, 5.41) is 2.93. The van der Waals surface area contributed by atoms with Crippen molar-refractivity contribution in [1.29, 1.82) is 0 Å². The molecule has 0 bridgehead atoms. The quantitative estimate of drug-likeness (QED) is 0.357. The van der Waals surface area contributed by atoms with Crippen molar-refractivity contribution in [2.24, 2.45) is 16.5 Å². The fourth-order valence-electron chi connectivity index (χ4n) is 2.72. The fraction of sp³-hybridized carbons (Fsp3) is 0.474. The maximum Gasteiger partial charge on any atom is 0.269 e. The van der Waals surface area contributed by atoms with Crippen molar-refractivity contribution in [2.75, 3.05) is 6.54 Å². The molecule has 0 unspecified atom stereocenters. The first-order valence-corrected chi connectivity index (χ1v) is 8.67. The smallest absolute Gasteiger partial charge is 0.269 e. The summed E-state index contributed by atoms with van der Waals surface area (Å²) < 4.78 is 13.6. The summed E-state index contributed by atoms with van der Waals surface area (Å²) in [6.07, 6.45) is 8.30. The standard InChI is InChI=1S/C19H29FN4O/c1-4-13(15(20)5-2)12-23-16(6-3)17(21)18(22)19(25)24-14-10-8-7-9-11-14/h4-5,14H,1-2,6-12,21-22H2,3H3,(H,24,25)/b15-13-,18-17+,23-16?. The molecule has 0 atom stereocenters. The predicted molar refractivity (Wildman–Crippen MR) is 102 cm³/mol. The molecular formula is C19H29FN4O. The molecule has 6 heteroatoms. The average molecular weight is 348 g/mol. The number of nitrogens with two attached hydrogens (primary N) is 2. The Balaban J connectivity index is 2.89. The van der Waals surface area contributed by atoms with Gasteiger partial charge in [-0.25, -0.2) is 4.39 Å². The summed E-state index contributed by atoms with van der Waals surface area (Å²) >= 11 is 0. The monoisotopic (exact) mass is 348 g/mol. The minimum absolute atomic E-state index is 0.0421. The molecular weight excluding hydrogens is 319 g/mol. The van der Waals surface area contributed by atoms with Crippen molar-refractivity contribution in [3.05, 3.63) is 48.1 Å². The van der Waals surface area contributed by atoms with Crippen molar-refractivity contribution >= 4 is 11.6 Å². The van der Waals surface area contributed by atoms with Gasteiger partial charge in [0.1, 0.15) is 11.5 Å². The molecule has 1 aliphatic carbocycles. The summed E-state index contributed by atoms with van der Waals surface area (Å²) in [6.45, 7) is 8.85. The number of aliphatic imine (C=N–C) groups is 1. The normalized spacial score (nSPS) is 18.1. The largest absolute Gasteiger partial charge is 0.395 e. The molecule has 0 saturated heterocycles. The van der Waals surface area contributed by atoms with Gasteiger partial charge in [0, 0.05) is 11.6 Å². The molecule has 0 aromatic carbocycles. The van der Waals surface area contributed by atoms with Crippen LogP contribution < -0.4 is 16.8 Å². The first kappa shape index (κ1) is 20.7. The maximum atomic E-state index is 13.6. The van der Waals surface area contributed by atoms with Gasteiger partial charge >= 0.3 is 0 Å². The zero-order valence-electron chi connectivity index (χ0n) is 15.0. The summed E-state index contributed by atoms with van der Waals surface area (Å²) in [7, 11) is 0. The van der Waals surface area contributed by atoms with Crippen LogP contribution in [0.5, 0.6) is 0 Å². The van der Waals surface area contributed by atoms with Gasteiger partial charge in [-0.1, -0.05) is 45.4 Å². The number of carbonyl (C=O) groups excluding carboxylic acids is 1. The second-order valence-corrected chi connectivity index (χ2v) is 6.03. The number of hydrogen-bond donors (Lipinski definition) is 3. The predicted octanol–water partition coefficient (Wildman–Crippen LogP) is 3.01. The van der Waals surface area contributed by atoms with Gasteiger partial charge in [0.15, 0.2) is 0 Å². The van der Waals surface area contributed by atoms with E-state index in [0.717, 1.165) is 31.8 Å². The van der Waals surface area contributed by atoms with Gasteiger partial charge in [0.25, 0.3) is 5.91 Å². The highest BCUT2D eigenvalue weighted by Crippen LogP contribution is 2.17. The summed E-state index contributed by atoms with van der Waals surface area (Å²) in [6, 6.07) is 0.145. The molecule has 0 radical (unpaired) electrons. The Morgan fingerprint density at radius 3 is 2.36 bits per heavy atom. The third-order valence-corrected chi connectivity index (χ3v) is 4.29. The van der Waals surface area contributed by atoms with E-state index in [4.69, 9.17) is 11.5 Å². The molecule has 0 aromatic heterocycles. The van der Waals surface area contributed by atoms with E-state index in [1.165, 1.54) is 12.5 Å². The number of carbonyl (C=O) groups is 1. The van der Waals surface area contributed by atoms with Gasteiger partial charge in [-0.2, -0.15) is 0 Å². The van der Waals surface area contributed by atoms with E-state index in [0.29, 0.717) is 17.7 Å². The molecule has 1 amide bonds. The molecule has 5 nitrogen and oxygen atoms in total. The Kier molecular flexibility index (Phi) is 8.67. The minimum atomic E-state index is -0.486. The van der Waals surface area contributed by atoms with Crippen LogP contribution in [0.3, 0.4) is 0 Å². The molecule has 0 spiro atoms. The van der Waals surface area contributed by atoms with Crippen LogP contribution in [0.15, 0.2) is 53.1 Å². The number of nitrogens with zero attached hydrogens (tertiary/aromatic N) is 1. The first-order valence-electron chi connectivity index (χ1n) is 8.67. The number of halogens is 1. The van der Waals surface area contributed by atoms with Crippen LogP contribution in [0.1, 0.15) is 45.4 Å². The molecule has 0 aromatic rings. The fourth-order valence-corrected chi connectivity index (χ4v) is 2.72. The molecule has 25 heavy (non-hydrogen) atoms. The Morgan fingerprint density at radius 1 is 1.20 bits per heavy atom. The van der Waals surface area contributed by atoms with E-state index in [2.05, 4.69) is 23.5 Å². The van der Waals surface area contributed by atoms with Gasteiger partial charge in [0.05, 0.1) is 18.0 Å². The molecule has 1 rings (SSSR count). The lowest BCUT2D eigenvalue weighted by molar-refractivity contribution is -0.118. The van der Waals surface area contributed by atoms with E-state index in [9.17, 15) is 9.18 Å². The van der Waals surface area contributed by atoms with Crippen molar-refractivity contribution < 1.29 is 9.18 Å². The zero-order valence-corrected chi connectivity index (χ0v) is 15.0. The lowest BCUT2D eigenvalue weighted by Crippen LogP contribution is -2.40. The van der Waals surface area contributed by atoms with E-state index in [-0.39, 0.29) is 29.9 Å². The van der Waals surface area contributed by atoms with Crippen LogP contribution in [0.25, 0.3) is 0 Å². The van der Waals surface area contributed by atoms with Crippen molar-refractivity contribution in [3.8, 4) is 0 Å². The maximum absolute atomic E-state index is 13.6. The number of rotatable bonds is 8. The Morgan fingerprint density at radius 2 is 1.84 bits per heavy atom. The van der Waals surface area contributed by atoms with E-state index < -0.39 is 5.83 Å². The Hall–Kier alpha value is -2.37. The molecule has 0 aliphatic heterocycles. The topological polar surface area (TPSA) is 93.5 Å². The van der Waals surface area contributed by atoms with Gasteiger partial charge in [-0.15, -0.1) is 0 Å². The molecule has 1 aliphatic rings. The lowest BCUT2D eigenvalue weighted by Gasteiger charge is -2.23. The first-order chi connectivity index (χ1) is 11.9. The highest BCUT2D eigenvalue weighted by Gasteiger charge is 2.19. The lowest BCUT2D eigenvalue weighted by atomic mass is 9.95. The SMILES string of the molecule is C=C/C(F)=C(\C=C)CN=C(CC)/C(N)=C(\N)C(=O)NC1CCCCC1. The second-order valence-electron chi connectivity index (χ2n) is 6.03. The van der Waals surface area contributed by atoms with Gasteiger partial charge in [-0.05, 0) is 25.3 Å². The number of hydrogen-bond acceptors (Lipinski definition) is 4. The van der Waals surface area contributed by atoms with Crippen LogP contribution in [-0.2, 0) is 4.79 Å². The molecule has 1 saturated carbocycles. The van der Waals surface area contributed by atoms with Gasteiger partial charge in [-0.3, -0.25) is 9.79 Å². The van der Waals surface area contributed by atoms with Crippen molar-refractivity contribution in [3.63, 3.8) is 0 Å². The Bertz CT molecular complexity index is 599. The molecule has 138 valence electrons. The van der Waals surface area contributed by atoms with Crippen LogP contribution in [-0.4, -0.2) is 24.2 Å². The highest BCUT2D eigenvalue weighted by atomic mass is 19.1. The van der Waals surface area contributed by atoms with Crippen molar-refractivity contribution in [1.82, 2.24) is 5.32 Å². The molecule has 0 heterocycles. The highest BCUT2D eigenvalue weighted by molar-refractivity contribution is 6.07. The third-order valence-electron chi connectivity index (χ3n) is 4.29. The van der Waals surface area contributed by atoms with Crippen molar-refractivity contribution in [2.45, 2.75) is 51.5 Å². The van der Waals surface area contributed by atoms with Crippen LogP contribution in [0.4, 0.5) is 4.39 Å². The summed E-state index contributed by atoms with van der Waals surface area (Å²) in [5.41, 5.74) is 12.8. The minimum Gasteiger partial charge on any atom is -0.395 e. The molecule has 1 fully saturated rings. The van der Waals surface area contributed by atoms with Gasteiger partial charge in [0.2, 0.25) is 0 Å². The third kappa shape index (κ3) is 6.21. The number of allylic oxidation sites excluding steroid dienone is 3. The van der Waals surface area contributed by atoms with Crippen LogP contribution in [0.2, 0.25) is 0 Å².